The van der Waals surface area contributed by atoms with Crippen molar-refractivity contribution < 1.29 is 32.9 Å². The number of quaternary nitrogens is 1. The van der Waals surface area contributed by atoms with Crippen LogP contribution in [0.5, 0.6) is 0 Å². The Morgan fingerprint density at radius 1 is 0.493 bits per heavy atom. The molecule has 73 heavy (non-hydrogen) atoms. The minimum absolute atomic E-state index is 0.0230. The third-order valence-electron chi connectivity index (χ3n) is 12.4. The fourth-order valence-corrected chi connectivity index (χ4v) is 8.53. The van der Waals surface area contributed by atoms with Gasteiger partial charge in [0, 0.05) is 6.42 Å². The van der Waals surface area contributed by atoms with Crippen molar-refractivity contribution in [1.82, 2.24) is 5.32 Å². The number of allylic oxidation sites excluding steroid dienone is 19. The first-order valence-electron chi connectivity index (χ1n) is 29.4. The van der Waals surface area contributed by atoms with Crippen molar-refractivity contribution in [2.45, 2.75) is 238 Å². The predicted molar refractivity (Wildman–Crippen MR) is 315 cm³/mol. The minimum atomic E-state index is -4.63. The van der Waals surface area contributed by atoms with Crippen LogP contribution < -0.4 is 10.2 Å². The standard InChI is InChI=1S/C64H111N2O6P/c1-6-8-10-12-14-16-18-20-22-24-26-28-30-32-34-35-37-39-41-43-45-47-49-51-53-55-57-63(67)62(61-72-73(69,70)71-60-59-66(3,4)5)65-64(68)58-56-54-52-50-48-46-44-42-40-38-36-33-31-29-27-25-23-21-19-17-15-13-11-9-7-2/h9,11,15,17,21,23,27,29,33,36,39-42,46-49,55,57,62-63,67H,6-8,10,12-14,16,18-20,22,24-26,28,30-32,34-35,37-38,43-45,50-54,56,58-61H2,1-5H3,(H-,65,68,69,70)/b11-9-,17-15-,23-21-,29-27-,36-33-,41-39+,42-40-,48-46-,49-47+,57-55+. The van der Waals surface area contributed by atoms with E-state index in [0.717, 1.165) is 83.5 Å². The first-order valence-corrected chi connectivity index (χ1v) is 30.9. The summed E-state index contributed by atoms with van der Waals surface area (Å²) in [6.45, 7) is 4.48. The van der Waals surface area contributed by atoms with Crippen molar-refractivity contribution in [2.24, 2.45) is 0 Å². The third kappa shape index (κ3) is 56.5. The van der Waals surface area contributed by atoms with Gasteiger partial charge >= 0.3 is 0 Å². The summed E-state index contributed by atoms with van der Waals surface area (Å²) < 4.78 is 23.3. The molecule has 0 saturated heterocycles. The van der Waals surface area contributed by atoms with Gasteiger partial charge in [-0.1, -0.05) is 238 Å². The van der Waals surface area contributed by atoms with Gasteiger partial charge in [-0.2, -0.15) is 0 Å². The molecule has 0 fully saturated rings. The van der Waals surface area contributed by atoms with E-state index in [1.54, 1.807) is 6.08 Å². The normalized spacial score (nSPS) is 14.8. The average Bonchev–Trinajstić information content (AvgIpc) is 3.35. The van der Waals surface area contributed by atoms with Crippen LogP contribution in [-0.2, 0) is 18.4 Å². The van der Waals surface area contributed by atoms with E-state index in [1.165, 1.54) is 109 Å². The van der Waals surface area contributed by atoms with Crippen LogP contribution in [0.15, 0.2) is 122 Å². The Hall–Kier alpha value is -3.10. The first-order chi connectivity index (χ1) is 35.5. The second kappa shape index (κ2) is 53.7. The van der Waals surface area contributed by atoms with Crippen molar-refractivity contribution in [2.75, 3.05) is 40.9 Å². The van der Waals surface area contributed by atoms with Crippen LogP contribution in [0, 0.1) is 0 Å². The number of rotatable bonds is 52. The molecule has 0 aliphatic rings. The van der Waals surface area contributed by atoms with E-state index in [1.807, 2.05) is 27.2 Å². The topological polar surface area (TPSA) is 108 Å². The summed E-state index contributed by atoms with van der Waals surface area (Å²) >= 11 is 0. The Balaban J connectivity index is 4.39. The van der Waals surface area contributed by atoms with Crippen LogP contribution in [0.4, 0.5) is 0 Å². The highest BCUT2D eigenvalue weighted by atomic mass is 31.2. The van der Waals surface area contributed by atoms with E-state index in [9.17, 15) is 19.4 Å². The van der Waals surface area contributed by atoms with Crippen LogP contribution >= 0.6 is 7.82 Å². The fraction of sp³-hybridized carbons (Fsp3) is 0.672. The smallest absolute Gasteiger partial charge is 0.268 e. The van der Waals surface area contributed by atoms with Gasteiger partial charge in [0.15, 0.2) is 0 Å². The van der Waals surface area contributed by atoms with Gasteiger partial charge in [0.25, 0.3) is 7.82 Å². The number of amides is 1. The summed E-state index contributed by atoms with van der Waals surface area (Å²) in [5.41, 5.74) is 0. The fourth-order valence-electron chi connectivity index (χ4n) is 7.81. The highest BCUT2D eigenvalue weighted by Crippen LogP contribution is 2.38. The lowest BCUT2D eigenvalue weighted by molar-refractivity contribution is -0.870. The number of aliphatic hydroxyl groups excluding tert-OH is 1. The number of nitrogens with one attached hydrogen (secondary N) is 1. The second-order valence-corrected chi connectivity index (χ2v) is 22.0. The molecule has 0 aromatic carbocycles. The number of phosphoric ester groups is 1. The number of aliphatic hydroxyl groups is 1. The zero-order valence-electron chi connectivity index (χ0n) is 47.5. The molecule has 9 heteroatoms. The van der Waals surface area contributed by atoms with Crippen molar-refractivity contribution in [3.8, 4) is 0 Å². The molecule has 0 bridgehead atoms. The summed E-state index contributed by atoms with van der Waals surface area (Å²) in [6.07, 6.45) is 80.0. The number of hydrogen-bond acceptors (Lipinski definition) is 6. The maximum absolute atomic E-state index is 13.0. The summed E-state index contributed by atoms with van der Waals surface area (Å²) in [7, 11) is 1.19. The minimum Gasteiger partial charge on any atom is -0.756 e. The lowest BCUT2D eigenvalue weighted by Crippen LogP contribution is -2.45. The maximum atomic E-state index is 13.0. The van der Waals surface area contributed by atoms with Gasteiger partial charge in [0.2, 0.25) is 5.91 Å². The van der Waals surface area contributed by atoms with E-state index < -0.39 is 26.6 Å². The molecule has 3 atom stereocenters. The van der Waals surface area contributed by atoms with E-state index in [4.69, 9.17) is 9.05 Å². The van der Waals surface area contributed by atoms with Gasteiger partial charge < -0.3 is 28.8 Å². The summed E-state index contributed by atoms with van der Waals surface area (Å²) in [5.74, 6) is -0.247. The monoisotopic (exact) mass is 1030 g/mol. The average molecular weight is 1040 g/mol. The number of phosphoric acid groups is 1. The molecule has 0 radical (unpaired) electrons. The first kappa shape index (κ1) is 69.9. The Morgan fingerprint density at radius 3 is 1.27 bits per heavy atom. The summed E-state index contributed by atoms with van der Waals surface area (Å²) in [4.78, 5) is 25.5. The maximum Gasteiger partial charge on any atom is 0.268 e. The summed E-state index contributed by atoms with van der Waals surface area (Å²) in [5, 5.41) is 13.8. The molecule has 0 rings (SSSR count). The van der Waals surface area contributed by atoms with Gasteiger partial charge in [-0.25, -0.2) is 0 Å². The molecule has 0 aromatic heterocycles. The molecule has 8 nitrogen and oxygen atoms in total. The van der Waals surface area contributed by atoms with Crippen LogP contribution in [-0.4, -0.2) is 68.5 Å². The molecule has 0 aliphatic carbocycles. The molecular weight excluding hydrogens is 924 g/mol. The second-order valence-electron chi connectivity index (χ2n) is 20.6. The summed E-state index contributed by atoms with van der Waals surface area (Å²) in [6, 6.07) is -0.938. The largest absolute Gasteiger partial charge is 0.756 e. The SMILES string of the molecule is CC/C=C\C/C=C\C/C=C\C/C=C\C/C=C\C/C=C\C/C=C\CCCCCC(=O)NC(COP(=O)([O-])OCC[N+](C)(C)C)C(O)/C=C/CC/C=C/CC/C=C/CCCCCCCCCCCCCCCCCC. The van der Waals surface area contributed by atoms with Gasteiger partial charge in [-0.15, -0.1) is 0 Å². The Labute approximate surface area is 450 Å². The predicted octanol–water partition coefficient (Wildman–Crippen LogP) is 17.5. The van der Waals surface area contributed by atoms with E-state index in [2.05, 4.69) is 129 Å². The number of hydrogen-bond donors (Lipinski definition) is 2. The number of likely N-dealkylation sites (N-methyl/N-ethyl adjacent to an activating group) is 1. The number of nitrogens with zero attached hydrogens (tertiary/aromatic N) is 1. The van der Waals surface area contributed by atoms with Crippen molar-refractivity contribution >= 4 is 13.7 Å². The van der Waals surface area contributed by atoms with E-state index in [0.29, 0.717) is 23.9 Å². The quantitative estimate of drug-likeness (QED) is 0.0272. The van der Waals surface area contributed by atoms with Crippen molar-refractivity contribution in [3.63, 3.8) is 0 Å². The zero-order valence-corrected chi connectivity index (χ0v) is 48.4. The molecule has 2 N–H and O–H groups in total. The lowest BCUT2D eigenvalue weighted by atomic mass is 10.0. The molecule has 3 unspecified atom stereocenters. The molecule has 1 amide bonds. The van der Waals surface area contributed by atoms with Gasteiger partial charge in [-0.3, -0.25) is 9.36 Å². The molecular formula is C64H111N2O6P. The number of carbonyl (C=O) groups excluding carboxylic acids is 1. The van der Waals surface area contributed by atoms with E-state index in [-0.39, 0.29) is 18.9 Å². The van der Waals surface area contributed by atoms with Crippen LogP contribution in [0.1, 0.15) is 226 Å². The molecule has 0 heterocycles. The van der Waals surface area contributed by atoms with Crippen LogP contribution in [0.2, 0.25) is 0 Å². The molecule has 0 saturated carbocycles. The number of unbranched alkanes of at least 4 members (excludes halogenated alkanes) is 21. The van der Waals surface area contributed by atoms with Gasteiger partial charge in [0.05, 0.1) is 39.9 Å². The van der Waals surface area contributed by atoms with E-state index >= 15 is 0 Å². The van der Waals surface area contributed by atoms with Gasteiger partial charge in [-0.05, 0) is 103 Å². The molecule has 0 aromatic rings. The highest BCUT2D eigenvalue weighted by Gasteiger charge is 2.23. The Bertz CT molecular complexity index is 1600. The lowest BCUT2D eigenvalue weighted by Gasteiger charge is -2.29. The highest BCUT2D eigenvalue weighted by molar-refractivity contribution is 7.45. The van der Waals surface area contributed by atoms with Gasteiger partial charge in [0.1, 0.15) is 13.2 Å². The Kier molecular flexibility index (Phi) is 51.4. The zero-order chi connectivity index (χ0) is 53.5. The van der Waals surface area contributed by atoms with Crippen LogP contribution in [0.3, 0.4) is 0 Å². The third-order valence-corrected chi connectivity index (χ3v) is 13.3. The Morgan fingerprint density at radius 2 is 0.849 bits per heavy atom. The van der Waals surface area contributed by atoms with Crippen LogP contribution in [0.25, 0.3) is 0 Å². The molecule has 0 aliphatic heterocycles. The molecule has 418 valence electrons. The van der Waals surface area contributed by atoms with Crippen molar-refractivity contribution in [1.29, 1.82) is 0 Å². The van der Waals surface area contributed by atoms with Crippen molar-refractivity contribution in [3.05, 3.63) is 122 Å². The molecule has 0 spiro atoms. The number of carbonyl (C=O) groups is 1.